The third kappa shape index (κ3) is 3.17. The molecule has 17 heavy (non-hydrogen) atoms. The maximum atomic E-state index is 11.6. The fourth-order valence-corrected chi connectivity index (χ4v) is 1.65. The Bertz CT molecular complexity index is 389. The van der Waals surface area contributed by atoms with Crippen LogP contribution in [0.4, 0.5) is 0 Å². The van der Waals surface area contributed by atoms with Gasteiger partial charge in [0.15, 0.2) is 0 Å². The monoisotopic (exact) mass is 236 g/mol. The zero-order valence-electron chi connectivity index (χ0n) is 9.81. The highest BCUT2D eigenvalue weighted by Gasteiger charge is 2.18. The Hall–Kier alpha value is -1.62. The zero-order valence-corrected chi connectivity index (χ0v) is 9.81. The van der Waals surface area contributed by atoms with Crippen molar-refractivity contribution in [3.05, 3.63) is 23.9 Å². The molecule has 0 radical (unpaired) electrons. The second-order valence-electron chi connectivity index (χ2n) is 3.85. The van der Waals surface area contributed by atoms with Crippen molar-refractivity contribution in [1.82, 2.24) is 10.3 Å². The SMILES string of the molecule is CCNC(=O)c1ccnc(OC2CCOC2)c1. The van der Waals surface area contributed by atoms with E-state index in [1.54, 1.807) is 18.3 Å². The summed E-state index contributed by atoms with van der Waals surface area (Å²) in [6, 6.07) is 3.33. The van der Waals surface area contributed by atoms with Gasteiger partial charge < -0.3 is 14.8 Å². The Kier molecular flexibility index (Phi) is 3.93. The van der Waals surface area contributed by atoms with Crippen LogP contribution in [0.15, 0.2) is 18.3 Å². The van der Waals surface area contributed by atoms with Gasteiger partial charge in [0, 0.05) is 30.8 Å². The van der Waals surface area contributed by atoms with Crippen LogP contribution < -0.4 is 10.1 Å². The number of ether oxygens (including phenoxy) is 2. The van der Waals surface area contributed by atoms with Gasteiger partial charge >= 0.3 is 0 Å². The number of aromatic nitrogens is 1. The molecule has 5 heteroatoms. The van der Waals surface area contributed by atoms with Gasteiger partial charge in [-0.3, -0.25) is 4.79 Å². The van der Waals surface area contributed by atoms with E-state index in [0.717, 1.165) is 13.0 Å². The molecule has 0 aromatic carbocycles. The lowest BCUT2D eigenvalue weighted by Crippen LogP contribution is -2.23. The summed E-state index contributed by atoms with van der Waals surface area (Å²) >= 11 is 0. The maximum absolute atomic E-state index is 11.6. The van der Waals surface area contributed by atoms with E-state index in [2.05, 4.69) is 10.3 Å². The Balaban J connectivity index is 2.02. The maximum Gasteiger partial charge on any atom is 0.251 e. The van der Waals surface area contributed by atoms with Gasteiger partial charge in [-0.1, -0.05) is 0 Å². The van der Waals surface area contributed by atoms with Crippen molar-refractivity contribution >= 4 is 5.91 Å². The first-order valence-electron chi connectivity index (χ1n) is 5.78. The number of carbonyl (C=O) groups is 1. The van der Waals surface area contributed by atoms with Crippen molar-refractivity contribution < 1.29 is 14.3 Å². The molecule has 0 spiro atoms. The van der Waals surface area contributed by atoms with Crippen molar-refractivity contribution in [1.29, 1.82) is 0 Å². The van der Waals surface area contributed by atoms with E-state index in [1.807, 2.05) is 6.92 Å². The molecule has 1 amide bonds. The topological polar surface area (TPSA) is 60.5 Å². The van der Waals surface area contributed by atoms with Gasteiger partial charge in [0.05, 0.1) is 13.2 Å². The van der Waals surface area contributed by atoms with Gasteiger partial charge in [0.25, 0.3) is 5.91 Å². The molecule has 1 atom stereocenters. The fraction of sp³-hybridized carbons (Fsp3) is 0.500. The highest BCUT2D eigenvalue weighted by atomic mass is 16.5. The second kappa shape index (κ2) is 5.63. The molecule has 92 valence electrons. The molecule has 2 heterocycles. The lowest BCUT2D eigenvalue weighted by atomic mass is 10.2. The lowest BCUT2D eigenvalue weighted by molar-refractivity contribution is 0.0954. The minimum atomic E-state index is -0.109. The molecule has 5 nitrogen and oxygen atoms in total. The molecule has 1 aliphatic rings. The summed E-state index contributed by atoms with van der Waals surface area (Å²) < 4.78 is 10.8. The number of nitrogens with zero attached hydrogens (tertiary/aromatic N) is 1. The molecular formula is C12H16N2O3. The predicted molar refractivity (Wildman–Crippen MR) is 62.1 cm³/mol. The van der Waals surface area contributed by atoms with Crippen LogP contribution in [0.3, 0.4) is 0 Å². The van der Waals surface area contributed by atoms with Crippen LogP contribution in [0.5, 0.6) is 5.88 Å². The number of pyridine rings is 1. The summed E-state index contributed by atoms with van der Waals surface area (Å²) in [5, 5.41) is 2.74. The highest BCUT2D eigenvalue weighted by Crippen LogP contribution is 2.15. The van der Waals surface area contributed by atoms with E-state index in [0.29, 0.717) is 24.6 Å². The van der Waals surface area contributed by atoms with Crippen LogP contribution in [0.25, 0.3) is 0 Å². The lowest BCUT2D eigenvalue weighted by Gasteiger charge is -2.11. The van der Waals surface area contributed by atoms with Gasteiger partial charge in [-0.25, -0.2) is 4.98 Å². The fourth-order valence-electron chi connectivity index (χ4n) is 1.65. The third-order valence-electron chi connectivity index (χ3n) is 2.51. The highest BCUT2D eigenvalue weighted by molar-refractivity contribution is 5.94. The predicted octanol–water partition coefficient (Wildman–Crippen LogP) is 0.999. The van der Waals surface area contributed by atoms with E-state index in [9.17, 15) is 4.79 Å². The van der Waals surface area contributed by atoms with Crippen LogP contribution in [-0.4, -0.2) is 36.8 Å². The van der Waals surface area contributed by atoms with E-state index in [1.165, 1.54) is 0 Å². The van der Waals surface area contributed by atoms with Crippen molar-refractivity contribution in [3.8, 4) is 5.88 Å². The molecule has 0 bridgehead atoms. The number of amides is 1. The van der Waals surface area contributed by atoms with Crippen LogP contribution in [0.1, 0.15) is 23.7 Å². The van der Waals surface area contributed by atoms with Crippen LogP contribution in [-0.2, 0) is 4.74 Å². The Morgan fingerprint density at radius 2 is 2.59 bits per heavy atom. The molecule has 2 rings (SSSR count). The molecular weight excluding hydrogens is 220 g/mol. The summed E-state index contributed by atoms with van der Waals surface area (Å²) in [4.78, 5) is 15.7. The summed E-state index contributed by atoms with van der Waals surface area (Å²) in [5.41, 5.74) is 0.566. The average molecular weight is 236 g/mol. The second-order valence-corrected chi connectivity index (χ2v) is 3.85. The first-order chi connectivity index (χ1) is 8.29. The van der Waals surface area contributed by atoms with Crippen LogP contribution in [0.2, 0.25) is 0 Å². The molecule has 1 aliphatic heterocycles. The molecule has 1 N–H and O–H groups in total. The summed E-state index contributed by atoms with van der Waals surface area (Å²) in [7, 11) is 0. The first-order valence-corrected chi connectivity index (χ1v) is 5.78. The van der Waals surface area contributed by atoms with E-state index in [4.69, 9.17) is 9.47 Å². The normalized spacial score (nSPS) is 19.0. The van der Waals surface area contributed by atoms with Gasteiger partial charge in [-0.15, -0.1) is 0 Å². The third-order valence-corrected chi connectivity index (χ3v) is 2.51. The number of carbonyl (C=O) groups excluding carboxylic acids is 1. The number of nitrogens with one attached hydrogen (secondary N) is 1. The molecule has 1 aromatic rings. The molecule has 0 aliphatic carbocycles. The van der Waals surface area contributed by atoms with Crippen molar-refractivity contribution in [2.75, 3.05) is 19.8 Å². The van der Waals surface area contributed by atoms with E-state index < -0.39 is 0 Å². The Morgan fingerprint density at radius 3 is 3.29 bits per heavy atom. The molecule has 0 saturated carbocycles. The van der Waals surface area contributed by atoms with Crippen LogP contribution in [0, 0.1) is 0 Å². The van der Waals surface area contributed by atoms with Crippen LogP contribution >= 0.6 is 0 Å². The van der Waals surface area contributed by atoms with Gasteiger partial charge in [-0.05, 0) is 13.0 Å². The summed E-state index contributed by atoms with van der Waals surface area (Å²) in [5.74, 6) is 0.367. The van der Waals surface area contributed by atoms with E-state index >= 15 is 0 Å². The first kappa shape index (κ1) is 11.9. The minimum absolute atomic E-state index is 0.0481. The minimum Gasteiger partial charge on any atom is -0.472 e. The summed E-state index contributed by atoms with van der Waals surface area (Å²) in [6.45, 7) is 3.80. The molecule has 1 aromatic heterocycles. The van der Waals surface area contributed by atoms with Crippen molar-refractivity contribution in [3.63, 3.8) is 0 Å². The molecule has 1 unspecified atom stereocenters. The standard InChI is InChI=1S/C12H16N2O3/c1-2-13-12(15)9-3-5-14-11(7-9)17-10-4-6-16-8-10/h3,5,7,10H,2,4,6,8H2,1H3,(H,13,15). The molecule has 1 fully saturated rings. The van der Waals surface area contributed by atoms with Gasteiger partial charge in [-0.2, -0.15) is 0 Å². The van der Waals surface area contributed by atoms with E-state index in [-0.39, 0.29) is 12.0 Å². The largest absolute Gasteiger partial charge is 0.472 e. The quantitative estimate of drug-likeness (QED) is 0.847. The Morgan fingerprint density at radius 1 is 1.71 bits per heavy atom. The smallest absolute Gasteiger partial charge is 0.251 e. The average Bonchev–Trinajstić information content (AvgIpc) is 2.82. The summed E-state index contributed by atoms with van der Waals surface area (Å²) in [6.07, 6.45) is 2.50. The number of hydrogen-bond acceptors (Lipinski definition) is 4. The zero-order chi connectivity index (χ0) is 12.1. The molecule has 1 saturated heterocycles. The number of rotatable bonds is 4. The van der Waals surface area contributed by atoms with Gasteiger partial charge in [0.1, 0.15) is 6.10 Å². The van der Waals surface area contributed by atoms with Gasteiger partial charge in [0.2, 0.25) is 5.88 Å². The Labute approximate surface area is 100 Å². The number of hydrogen-bond donors (Lipinski definition) is 1. The van der Waals surface area contributed by atoms with Crippen molar-refractivity contribution in [2.45, 2.75) is 19.4 Å². The van der Waals surface area contributed by atoms with Crippen molar-refractivity contribution in [2.24, 2.45) is 0 Å².